The van der Waals surface area contributed by atoms with Crippen LogP contribution in [-0.4, -0.2) is 20.9 Å². The highest BCUT2D eigenvalue weighted by atomic mass is 32.2. The molecule has 1 saturated heterocycles. The van der Waals surface area contributed by atoms with Crippen LogP contribution in [0.5, 0.6) is 0 Å². The number of aromatic nitrogens is 2. The molecule has 1 aliphatic rings. The molecule has 16 heavy (non-hydrogen) atoms. The summed E-state index contributed by atoms with van der Waals surface area (Å²) in [6, 6.07) is 3.84. The number of anilines is 1. The Balaban J connectivity index is 1.97. The van der Waals surface area contributed by atoms with Gasteiger partial charge in [-0.15, -0.1) is 0 Å². The van der Waals surface area contributed by atoms with Crippen molar-refractivity contribution in [2.45, 2.75) is 18.8 Å². The van der Waals surface area contributed by atoms with Gasteiger partial charge in [-0.3, -0.25) is 0 Å². The first-order chi connectivity index (χ1) is 7.83. The number of imidazole rings is 1. The quantitative estimate of drug-likeness (QED) is 0.823. The molecule has 0 spiro atoms. The molecular weight excluding hydrogens is 218 g/mol. The van der Waals surface area contributed by atoms with Crippen LogP contribution in [-0.2, 0) is 0 Å². The molecule has 0 unspecified atom stereocenters. The van der Waals surface area contributed by atoms with Gasteiger partial charge in [-0.25, -0.2) is 4.98 Å². The number of hydrogen-bond donors (Lipinski definition) is 1. The van der Waals surface area contributed by atoms with E-state index >= 15 is 0 Å². The lowest BCUT2D eigenvalue weighted by Gasteiger charge is -2.18. The third-order valence-electron chi connectivity index (χ3n) is 3.14. The zero-order valence-electron chi connectivity index (χ0n) is 9.10. The minimum atomic E-state index is 0.641. The zero-order valence-corrected chi connectivity index (χ0v) is 9.91. The van der Waals surface area contributed by atoms with Crippen molar-refractivity contribution in [1.82, 2.24) is 9.38 Å². The first-order valence-corrected chi connectivity index (χ1v) is 6.80. The summed E-state index contributed by atoms with van der Waals surface area (Å²) in [6.45, 7) is 0. The molecule has 4 heteroatoms. The molecule has 0 amide bonds. The monoisotopic (exact) mass is 233 g/mol. The van der Waals surface area contributed by atoms with Crippen molar-refractivity contribution in [3.8, 4) is 0 Å². The van der Waals surface area contributed by atoms with Crippen molar-refractivity contribution in [1.29, 1.82) is 0 Å². The smallest absolute Gasteiger partial charge is 0.139 e. The van der Waals surface area contributed by atoms with Crippen molar-refractivity contribution in [2.75, 3.05) is 17.2 Å². The largest absolute Gasteiger partial charge is 0.399 e. The maximum Gasteiger partial charge on any atom is 0.139 e. The molecule has 1 aliphatic heterocycles. The Kier molecular flexibility index (Phi) is 2.52. The van der Waals surface area contributed by atoms with Crippen molar-refractivity contribution < 1.29 is 0 Å². The van der Waals surface area contributed by atoms with Gasteiger partial charge in [0.05, 0.1) is 5.69 Å². The fourth-order valence-electron chi connectivity index (χ4n) is 2.21. The maximum atomic E-state index is 5.75. The van der Waals surface area contributed by atoms with Crippen LogP contribution in [0.2, 0.25) is 0 Å². The summed E-state index contributed by atoms with van der Waals surface area (Å²) >= 11 is 2.05. The van der Waals surface area contributed by atoms with E-state index in [-0.39, 0.29) is 0 Å². The van der Waals surface area contributed by atoms with Crippen LogP contribution in [0.4, 0.5) is 5.69 Å². The van der Waals surface area contributed by atoms with E-state index in [2.05, 4.69) is 15.6 Å². The van der Waals surface area contributed by atoms with Crippen molar-refractivity contribution in [3.05, 3.63) is 30.2 Å². The molecular formula is C12H15N3S. The van der Waals surface area contributed by atoms with Crippen LogP contribution < -0.4 is 5.73 Å². The Morgan fingerprint density at radius 1 is 1.38 bits per heavy atom. The van der Waals surface area contributed by atoms with Crippen molar-refractivity contribution in [3.63, 3.8) is 0 Å². The number of nitrogens with zero attached hydrogens (tertiary/aromatic N) is 2. The highest BCUT2D eigenvalue weighted by Crippen LogP contribution is 2.31. The van der Waals surface area contributed by atoms with Crippen LogP contribution in [0.3, 0.4) is 0 Å². The normalized spacial score (nSPS) is 18.0. The molecule has 0 atom stereocenters. The number of nitrogen functional groups attached to an aromatic ring is 1. The van der Waals surface area contributed by atoms with E-state index in [0.29, 0.717) is 5.92 Å². The molecule has 2 aromatic rings. The standard InChI is InChI=1S/C12H15N3S/c13-10-1-4-15-8-11(14-12(15)7-10)9-2-5-16-6-3-9/h1,4,7-9H,2-3,5-6,13H2. The molecule has 3 nitrogen and oxygen atoms in total. The molecule has 0 aromatic carbocycles. The fourth-order valence-corrected chi connectivity index (χ4v) is 3.31. The fraction of sp³-hybridized carbons (Fsp3) is 0.417. The number of fused-ring (bicyclic) bond motifs is 1. The molecule has 2 N–H and O–H groups in total. The topological polar surface area (TPSA) is 43.3 Å². The average molecular weight is 233 g/mol. The van der Waals surface area contributed by atoms with Gasteiger partial charge in [-0.1, -0.05) is 0 Å². The molecule has 0 saturated carbocycles. The van der Waals surface area contributed by atoms with Gasteiger partial charge in [0.1, 0.15) is 5.65 Å². The van der Waals surface area contributed by atoms with Gasteiger partial charge in [0.15, 0.2) is 0 Å². The third-order valence-corrected chi connectivity index (χ3v) is 4.19. The summed E-state index contributed by atoms with van der Waals surface area (Å²) in [7, 11) is 0. The van der Waals surface area contributed by atoms with Gasteiger partial charge in [-0.2, -0.15) is 11.8 Å². The average Bonchev–Trinajstić information content (AvgIpc) is 2.73. The lowest BCUT2D eigenvalue weighted by atomic mass is 10.00. The Hall–Kier alpha value is -1.16. The predicted octanol–water partition coefficient (Wildman–Crippen LogP) is 2.53. The van der Waals surface area contributed by atoms with Gasteiger partial charge >= 0.3 is 0 Å². The first-order valence-electron chi connectivity index (χ1n) is 5.65. The molecule has 0 aliphatic carbocycles. The summed E-state index contributed by atoms with van der Waals surface area (Å²) in [5, 5.41) is 0. The second-order valence-electron chi connectivity index (χ2n) is 4.28. The van der Waals surface area contributed by atoms with Gasteiger partial charge in [0.25, 0.3) is 0 Å². The third kappa shape index (κ3) is 1.78. The van der Waals surface area contributed by atoms with Crippen LogP contribution in [0.1, 0.15) is 24.5 Å². The number of hydrogen-bond acceptors (Lipinski definition) is 3. The summed E-state index contributed by atoms with van der Waals surface area (Å²) in [5.41, 5.74) is 8.73. The van der Waals surface area contributed by atoms with E-state index in [1.165, 1.54) is 30.0 Å². The van der Waals surface area contributed by atoms with Gasteiger partial charge in [0, 0.05) is 30.1 Å². The van der Waals surface area contributed by atoms with Crippen LogP contribution in [0.15, 0.2) is 24.5 Å². The van der Waals surface area contributed by atoms with E-state index < -0.39 is 0 Å². The van der Waals surface area contributed by atoms with Crippen LogP contribution in [0.25, 0.3) is 5.65 Å². The highest BCUT2D eigenvalue weighted by Gasteiger charge is 2.18. The zero-order chi connectivity index (χ0) is 11.0. The van der Waals surface area contributed by atoms with Gasteiger partial charge < -0.3 is 10.1 Å². The van der Waals surface area contributed by atoms with Gasteiger partial charge in [-0.05, 0) is 30.4 Å². The molecule has 3 rings (SSSR count). The van der Waals surface area contributed by atoms with Crippen molar-refractivity contribution >= 4 is 23.1 Å². The summed E-state index contributed by atoms with van der Waals surface area (Å²) in [6.07, 6.45) is 6.64. The highest BCUT2D eigenvalue weighted by molar-refractivity contribution is 7.99. The minimum Gasteiger partial charge on any atom is -0.399 e. The molecule has 0 bridgehead atoms. The predicted molar refractivity (Wildman–Crippen MR) is 68.9 cm³/mol. The molecule has 0 radical (unpaired) electrons. The second-order valence-corrected chi connectivity index (χ2v) is 5.50. The lowest BCUT2D eigenvalue weighted by Crippen LogP contribution is -2.07. The molecule has 3 heterocycles. The Bertz CT molecular complexity index is 500. The summed E-state index contributed by atoms with van der Waals surface area (Å²) < 4.78 is 2.06. The van der Waals surface area contributed by atoms with E-state index in [0.717, 1.165) is 11.3 Å². The minimum absolute atomic E-state index is 0.641. The van der Waals surface area contributed by atoms with E-state index in [4.69, 9.17) is 5.73 Å². The number of pyridine rings is 1. The van der Waals surface area contributed by atoms with Crippen LogP contribution >= 0.6 is 11.8 Å². The number of nitrogens with two attached hydrogens (primary N) is 1. The Morgan fingerprint density at radius 3 is 3.00 bits per heavy atom. The lowest BCUT2D eigenvalue weighted by molar-refractivity contribution is 0.623. The molecule has 84 valence electrons. The summed E-state index contributed by atoms with van der Waals surface area (Å²) in [5.74, 6) is 3.17. The van der Waals surface area contributed by atoms with E-state index in [1.54, 1.807) is 0 Å². The molecule has 1 fully saturated rings. The van der Waals surface area contributed by atoms with E-state index in [1.807, 2.05) is 30.1 Å². The Labute approximate surface area is 99.1 Å². The van der Waals surface area contributed by atoms with E-state index in [9.17, 15) is 0 Å². The van der Waals surface area contributed by atoms with Crippen molar-refractivity contribution in [2.24, 2.45) is 0 Å². The number of rotatable bonds is 1. The maximum absolute atomic E-state index is 5.75. The summed E-state index contributed by atoms with van der Waals surface area (Å²) in [4.78, 5) is 4.67. The van der Waals surface area contributed by atoms with Crippen LogP contribution in [0, 0.1) is 0 Å². The van der Waals surface area contributed by atoms with Gasteiger partial charge in [0.2, 0.25) is 0 Å². The first kappa shape index (κ1) is 10.0. The molecule has 2 aromatic heterocycles. The number of thioether (sulfide) groups is 1. The SMILES string of the molecule is Nc1ccn2cc(C3CCSCC3)nc2c1. The Morgan fingerprint density at radius 2 is 2.19 bits per heavy atom. The second kappa shape index (κ2) is 4.01.